The van der Waals surface area contributed by atoms with Crippen LogP contribution in [0.2, 0.25) is 0 Å². The van der Waals surface area contributed by atoms with E-state index in [1.54, 1.807) is 6.20 Å². The molecule has 0 spiro atoms. The molecule has 0 saturated carbocycles. The number of benzene rings is 1. The highest BCUT2D eigenvalue weighted by atomic mass is 16.4. The normalized spacial score (nSPS) is 13.2. The molecular weight excluding hydrogens is 216 g/mol. The van der Waals surface area contributed by atoms with Crippen molar-refractivity contribution >= 4 is 16.9 Å². The van der Waals surface area contributed by atoms with Crippen LogP contribution < -0.4 is 5.73 Å². The van der Waals surface area contributed by atoms with Crippen LogP contribution >= 0.6 is 0 Å². The Hall–Kier alpha value is -1.81. The Labute approximate surface area is 99.4 Å². The number of hydrogen-bond acceptors (Lipinski definition) is 2. The summed E-state index contributed by atoms with van der Waals surface area (Å²) in [5.41, 5.74) is 8.38. The minimum absolute atomic E-state index is 0.406. The summed E-state index contributed by atoms with van der Waals surface area (Å²) in [6.07, 6.45) is 1.67. The molecule has 2 aromatic rings. The van der Waals surface area contributed by atoms with Crippen LogP contribution in [0.5, 0.6) is 0 Å². The van der Waals surface area contributed by atoms with E-state index in [1.165, 1.54) is 5.56 Å². The molecule has 4 nitrogen and oxygen atoms in total. The fourth-order valence-corrected chi connectivity index (χ4v) is 1.91. The van der Waals surface area contributed by atoms with Crippen molar-refractivity contribution in [3.63, 3.8) is 0 Å². The number of aromatic nitrogens is 1. The lowest BCUT2D eigenvalue weighted by Gasteiger charge is -2.08. The zero-order valence-electron chi connectivity index (χ0n) is 9.90. The second-order valence-corrected chi connectivity index (χ2v) is 4.52. The Morgan fingerprint density at radius 3 is 2.71 bits per heavy atom. The number of carbonyl (C=O) groups is 1. The first-order chi connectivity index (χ1) is 8.00. The lowest BCUT2D eigenvalue weighted by atomic mass is 9.99. The molecule has 4 heteroatoms. The van der Waals surface area contributed by atoms with E-state index in [0.29, 0.717) is 11.5 Å². The number of nitrogens with one attached hydrogen (secondary N) is 1. The molecule has 0 aliphatic carbocycles. The van der Waals surface area contributed by atoms with Crippen LogP contribution in [0.3, 0.4) is 0 Å². The van der Waals surface area contributed by atoms with Crippen LogP contribution in [0.4, 0.5) is 0 Å². The summed E-state index contributed by atoms with van der Waals surface area (Å²) in [4.78, 5) is 14.0. The van der Waals surface area contributed by atoms with E-state index < -0.39 is 12.0 Å². The van der Waals surface area contributed by atoms with Gasteiger partial charge in [-0.05, 0) is 23.6 Å². The van der Waals surface area contributed by atoms with Crippen LogP contribution in [0.15, 0.2) is 24.4 Å². The Morgan fingerprint density at radius 2 is 2.12 bits per heavy atom. The fourth-order valence-electron chi connectivity index (χ4n) is 1.91. The summed E-state index contributed by atoms with van der Waals surface area (Å²) >= 11 is 0. The van der Waals surface area contributed by atoms with E-state index in [4.69, 9.17) is 10.8 Å². The lowest BCUT2D eigenvalue weighted by molar-refractivity contribution is -0.138. The van der Waals surface area contributed by atoms with Crippen LogP contribution in [0.1, 0.15) is 36.9 Å². The van der Waals surface area contributed by atoms with Gasteiger partial charge in [-0.2, -0.15) is 0 Å². The quantitative estimate of drug-likeness (QED) is 0.760. The van der Waals surface area contributed by atoms with Crippen molar-refractivity contribution in [2.24, 2.45) is 5.73 Å². The molecule has 1 atom stereocenters. The topological polar surface area (TPSA) is 79.1 Å². The van der Waals surface area contributed by atoms with Gasteiger partial charge in [0, 0.05) is 22.7 Å². The predicted molar refractivity (Wildman–Crippen MR) is 67.0 cm³/mol. The van der Waals surface area contributed by atoms with Gasteiger partial charge < -0.3 is 15.8 Å². The molecule has 0 radical (unpaired) electrons. The zero-order chi connectivity index (χ0) is 12.6. The molecular formula is C13H16N2O2. The van der Waals surface area contributed by atoms with E-state index in [9.17, 15) is 4.79 Å². The number of hydrogen-bond donors (Lipinski definition) is 3. The first kappa shape index (κ1) is 11.7. The van der Waals surface area contributed by atoms with Gasteiger partial charge in [0.25, 0.3) is 0 Å². The van der Waals surface area contributed by atoms with Gasteiger partial charge >= 0.3 is 5.97 Å². The number of carboxylic acid groups (broad SMARTS) is 1. The smallest absolute Gasteiger partial charge is 0.325 e. The Balaban J connectivity index is 2.57. The summed E-state index contributed by atoms with van der Waals surface area (Å²) < 4.78 is 0. The molecule has 1 heterocycles. The highest BCUT2D eigenvalue weighted by molar-refractivity contribution is 5.89. The minimum Gasteiger partial charge on any atom is -0.480 e. The molecule has 0 aliphatic heterocycles. The van der Waals surface area contributed by atoms with Crippen LogP contribution in [0.25, 0.3) is 10.9 Å². The van der Waals surface area contributed by atoms with Gasteiger partial charge in [0.05, 0.1) is 0 Å². The molecule has 0 saturated heterocycles. The SMILES string of the molecule is CC(C)c1ccc2[nH]cc(C(N)C(=O)O)c2c1. The molecule has 0 amide bonds. The molecule has 90 valence electrons. The van der Waals surface area contributed by atoms with Crippen molar-refractivity contribution in [2.45, 2.75) is 25.8 Å². The van der Waals surface area contributed by atoms with Gasteiger partial charge in [-0.25, -0.2) is 0 Å². The molecule has 0 aliphatic rings. The van der Waals surface area contributed by atoms with E-state index in [2.05, 4.69) is 18.8 Å². The number of rotatable bonds is 3. The van der Waals surface area contributed by atoms with Crippen molar-refractivity contribution in [3.8, 4) is 0 Å². The standard InChI is InChI=1S/C13H16N2O2/c1-7(2)8-3-4-11-9(5-8)10(6-15-11)12(14)13(16)17/h3-7,12,15H,14H2,1-2H3,(H,16,17). The first-order valence-corrected chi connectivity index (χ1v) is 5.60. The van der Waals surface area contributed by atoms with Gasteiger partial charge in [-0.3, -0.25) is 4.79 Å². The third-order valence-corrected chi connectivity index (χ3v) is 3.01. The van der Waals surface area contributed by atoms with E-state index >= 15 is 0 Å². The van der Waals surface area contributed by atoms with Crippen molar-refractivity contribution in [1.82, 2.24) is 4.98 Å². The molecule has 17 heavy (non-hydrogen) atoms. The van der Waals surface area contributed by atoms with Crippen molar-refractivity contribution < 1.29 is 9.90 Å². The highest BCUT2D eigenvalue weighted by Crippen LogP contribution is 2.26. The molecule has 0 fully saturated rings. The fraction of sp³-hybridized carbons (Fsp3) is 0.308. The third-order valence-electron chi connectivity index (χ3n) is 3.01. The largest absolute Gasteiger partial charge is 0.480 e. The van der Waals surface area contributed by atoms with Crippen molar-refractivity contribution in [3.05, 3.63) is 35.5 Å². The van der Waals surface area contributed by atoms with Gasteiger partial charge in [0.2, 0.25) is 0 Å². The maximum Gasteiger partial charge on any atom is 0.325 e. The summed E-state index contributed by atoms with van der Waals surface area (Å²) in [5, 5.41) is 9.85. The average Bonchev–Trinajstić information content (AvgIpc) is 2.70. The van der Waals surface area contributed by atoms with Gasteiger partial charge in [-0.15, -0.1) is 0 Å². The summed E-state index contributed by atoms with van der Waals surface area (Å²) in [7, 11) is 0. The number of nitrogens with two attached hydrogens (primary N) is 1. The molecule has 0 bridgehead atoms. The Morgan fingerprint density at radius 1 is 1.41 bits per heavy atom. The molecule has 1 unspecified atom stereocenters. The monoisotopic (exact) mass is 232 g/mol. The van der Waals surface area contributed by atoms with E-state index in [0.717, 1.165) is 10.9 Å². The van der Waals surface area contributed by atoms with Gasteiger partial charge in [-0.1, -0.05) is 19.9 Å². The number of fused-ring (bicyclic) bond motifs is 1. The Bertz CT molecular complexity index is 558. The summed E-state index contributed by atoms with van der Waals surface area (Å²) in [6.45, 7) is 4.20. The maximum absolute atomic E-state index is 10.9. The summed E-state index contributed by atoms with van der Waals surface area (Å²) in [6, 6.07) is 5.03. The maximum atomic E-state index is 10.9. The van der Waals surface area contributed by atoms with E-state index in [1.807, 2.05) is 18.2 Å². The number of aromatic amines is 1. The second kappa shape index (κ2) is 4.22. The van der Waals surface area contributed by atoms with E-state index in [-0.39, 0.29) is 0 Å². The lowest BCUT2D eigenvalue weighted by Crippen LogP contribution is -2.20. The highest BCUT2D eigenvalue weighted by Gasteiger charge is 2.18. The zero-order valence-corrected chi connectivity index (χ0v) is 9.90. The number of H-pyrrole nitrogens is 1. The molecule has 1 aromatic heterocycles. The van der Waals surface area contributed by atoms with Crippen LogP contribution in [-0.4, -0.2) is 16.1 Å². The number of carboxylic acids is 1. The van der Waals surface area contributed by atoms with Crippen LogP contribution in [0, 0.1) is 0 Å². The van der Waals surface area contributed by atoms with Crippen molar-refractivity contribution in [1.29, 1.82) is 0 Å². The minimum atomic E-state index is -1.01. The van der Waals surface area contributed by atoms with Gasteiger partial charge in [0.15, 0.2) is 0 Å². The second-order valence-electron chi connectivity index (χ2n) is 4.52. The molecule has 1 aromatic carbocycles. The summed E-state index contributed by atoms with van der Waals surface area (Å²) in [5.74, 6) is -0.607. The van der Waals surface area contributed by atoms with Crippen molar-refractivity contribution in [2.75, 3.05) is 0 Å². The Kier molecular flexibility index (Phi) is 2.90. The predicted octanol–water partition coefficient (Wildman–Crippen LogP) is 2.38. The third kappa shape index (κ3) is 2.03. The molecule has 2 rings (SSSR count). The molecule has 4 N–H and O–H groups in total. The van der Waals surface area contributed by atoms with Crippen LogP contribution in [-0.2, 0) is 4.79 Å². The average molecular weight is 232 g/mol. The van der Waals surface area contributed by atoms with Gasteiger partial charge in [0.1, 0.15) is 6.04 Å². The first-order valence-electron chi connectivity index (χ1n) is 5.60. The number of aliphatic carboxylic acids is 1.